The van der Waals surface area contributed by atoms with E-state index >= 15 is 0 Å². The highest BCUT2D eigenvalue weighted by Gasteiger charge is 2.32. The van der Waals surface area contributed by atoms with Gasteiger partial charge in [0.15, 0.2) is 0 Å². The van der Waals surface area contributed by atoms with E-state index < -0.39 is 33.7 Å². The number of hydrogen-bond donors (Lipinski definition) is 1. The van der Waals surface area contributed by atoms with Crippen LogP contribution in [-0.4, -0.2) is 26.6 Å². The maximum Gasteiger partial charge on any atom is 0.416 e. The van der Waals surface area contributed by atoms with Crippen molar-refractivity contribution in [2.75, 3.05) is 10.6 Å². The first-order valence-electron chi connectivity index (χ1n) is 8.93. The van der Waals surface area contributed by atoms with E-state index in [1.807, 2.05) is 0 Å². The number of carbonyl (C=O) groups excluding carboxylic acids is 1. The zero-order chi connectivity index (χ0) is 21.8. The summed E-state index contributed by atoms with van der Waals surface area (Å²) in [5.74, 6) is -0.586. The molecule has 2 rings (SSSR count). The largest absolute Gasteiger partial charge is 0.416 e. The predicted molar refractivity (Wildman–Crippen MR) is 106 cm³/mol. The summed E-state index contributed by atoms with van der Waals surface area (Å²) in [5, 5.41) is 2.55. The topological polar surface area (TPSA) is 66.5 Å². The number of sulfonamides is 1. The van der Waals surface area contributed by atoms with E-state index in [0.29, 0.717) is 5.69 Å². The number of nitrogens with zero attached hydrogens (tertiary/aromatic N) is 1. The number of anilines is 1. The Morgan fingerprint density at radius 2 is 1.79 bits per heavy atom. The van der Waals surface area contributed by atoms with E-state index in [4.69, 9.17) is 0 Å². The zero-order valence-electron chi connectivity index (χ0n) is 16.3. The highest BCUT2D eigenvalue weighted by Crippen LogP contribution is 2.29. The highest BCUT2D eigenvalue weighted by atomic mass is 32.2. The molecule has 1 N–H and O–H groups in total. The molecular weight excluding hydrogens is 405 g/mol. The van der Waals surface area contributed by atoms with E-state index in [2.05, 4.69) is 5.32 Å². The van der Waals surface area contributed by atoms with Gasteiger partial charge in [0.25, 0.3) is 0 Å². The summed E-state index contributed by atoms with van der Waals surface area (Å²) in [5.41, 5.74) is 0.641. The number of benzene rings is 2. The minimum absolute atomic E-state index is 0.148. The monoisotopic (exact) mass is 428 g/mol. The van der Waals surface area contributed by atoms with Gasteiger partial charge in [-0.25, -0.2) is 8.42 Å². The lowest BCUT2D eigenvalue weighted by Crippen LogP contribution is -2.49. The van der Waals surface area contributed by atoms with Crippen molar-refractivity contribution < 1.29 is 26.4 Å². The predicted octanol–water partition coefficient (Wildman–Crippen LogP) is 3.87. The van der Waals surface area contributed by atoms with Crippen LogP contribution in [0.4, 0.5) is 18.9 Å². The van der Waals surface area contributed by atoms with Gasteiger partial charge in [0.2, 0.25) is 15.9 Å². The van der Waals surface area contributed by atoms with E-state index in [9.17, 15) is 26.4 Å². The lowest BCUT2D eigenvalue weighted by molar-refractivity contribution is -0.137. The number of halogens is 3. The molecule has 0 spiro atoms. The Labute approximate surface area is 168 Å². The number of alkyl halides is 3. The smallest absolute Gasteiger partial charge is 0.350 e. The third-order valence-corrected chi connectivity index (χ3v) is 5.49. The number of carbonyl (C=O) groups is 1. The van der Waals surface area contributed by atoms with Crippen LogP contribution in [0.25, 0.3) is 0 Å². The molecule has 0 aliphatic carbocycles. The number of nitrogens with one attached hydrogen (secondary N) is 1. The summed E-state index contributed by atoms with van der Waals surface area (Å²) >= 11 is 0. The van der Waals surface area contributed by atoms with E-state index in [1.165, 1.54) is 12.1 Å². The normalized spacial score (nSPS) is 13.0. The van der Waals surface area contributed by atoms with Crippen molar-refractivity contribution in [2.45, 2.75) is 39.0 Å². The van der Waals surface area contributed by atoms with Crippen LogP contribution in [0.2, 0.25) is 0 Å². The van der Waals surface area contributed by atoms with E-state index in [0.717, 1.165) is 28.3 Å². The molecule has 1 atom stereocenters. The molecule has 29 heavy (non-hydrogen) atoms. The minimum Gasteiger partial charge on any atom is -0.350 e. The van der Waals surface area contributed by atoms with Crippen LogP contribution in [0.5, 0.6) is 0 Å². The van der Waals surface area contributed by atoms with Crippen molar-refractivity contribution in [3.05, 3.63) is 65.2 Å². The van der Waals surface area contributed by atoms with Crippen LogP contribution in [0.1, 0.15) is 30.0 Å². The van der Waals surface area contributed by atoms with E-state index in [1.54, 1.807) is 38.1 Å². The quantitative estimate of drug-likeness (QED) is 0.728. The fraction of sp³-hybridized carbons (Fsp3) is 0.350. The van der Waals surface area contributed by atoms with Crippen LogP contribution in [0.3, 0.4) is 0 Å². The Bertz CT molecular complexity index is 975. The van der Waals surface area contributed by atoms with Crippen molar-refractivity contribution in [3.63, 3.8) is 0 Å². The fourth-order valence-electron chi connectivity index (χ4n) is 2.99. The van der Waals surface area contributed by atoms with Gasteiger partial charge in [-0.1, -0.05) is 31.2 Å². The lowest BCUT2D eigenvalue weighted by Gasteiger charge is -2.30. The van der Waals surface area contributed by atoms with Gasteiger partial charge < -0.3 is 5.32 Å². The standard InChI is InChI=1S/C20H23F3N2O3S/c1-4-18(25(29(3,27)28)17-10-5-7-14(2)11-17)19(26)24-13-15-8-6-9-16(12-15)20(21,22)23/h5-12,18H,4,13H2,1-3H3,(H,24,26)/t18-/m1/s1. The average Bonchev–Trinajstić information content (AvgIpc) is 2.62. The third-order valence-electron chi connectivity index (χ3n) is 4.31. The summed E-state index contributed by atoms with van der Waals surface area (Å²) in [6.45, 7) is 3.33. The molecule has 0 bridgehead atoms. The number of amides is 1. The number of rotatable bonds is 7. The van der Waals surface area contributed by atoms with Gasteiger partial charge in [0, 0.05) is 6.54 Å². The molecule has 0 aliphatic rings. The Kier molecular flexibility index (Phi) is 6.94. The molecule has 2 aromatic rings. The van der Waals surface area contributed by atoms with Gasteiger partial charge in [-0.05, 0) is 48.7 Å². The molecule has 1 amide bonds. The minimum atomic E-state index is -4.48. The Morgan fingerprint density at radius 1 is 1.14 bits per heavy atom. The Morgan fingerprint density at radius 3 is 2.34 bits per heavy atom. The lowest BCUT2D eigenvalue weighted by atomic mass is 10.1. The molecular formula is C20H23F3N2O3S. The molecule has 0 unspecified atom stereocenters. The summed E-state index contributed by atoms with van der Waals surface area (Å²) in [7, 11) is -3.78. The first kappa shape index (κ1) is 22.7. The molecule has 0 saturated carbocycles. The van der Waals surface area contributed by atoms with Gasteiger partial charge in [-0.2, -0.15) is 13.2 Å². The second kappa shape index (κ2) is 8.86. The van der Waals surface area contributed by atoms with Gasteiger partial charge >= 0.3 is 6.18 Å². The first-order chi connectivity index (χ1) is 13.4. The summed E-state index contributed by atoms with van der Waals surface area (Å²) in [6.07, 6.45) is -3.28. The van der Waals surface area contributed by atoms with Crippen molar-refractivity contribution in [1.29, 1.82) is 0 Å². The van der Waals surface area contributed by atoms with Gasteiger partial charge in [-0.15, -0.1) is 0 Å². The van der Waals surface area contributed by atoms with E-state index in [-0.39, 0.29) is 18.5 Å². The number of aryl methyl sites for hydroxylation is 1. The van der Waals surface area contributed by atoms with Crippen LogP contribution >= 0.6 is 0 Å². The van der Waals surface area contributed by atoms with Gasteiger partial charge in [0.1, 0.15) is 6.04 Å². The molecule has 5 nitrogen and oxygen atoms in total. The summed E-state index contributed by atoms with van der Waals surface area (Å²) < 4.78 is 64.4. The molecule has 0 aromatic heterocycles. The van der Waals surface area contributed by atoms with Crippen molar-refractivity contribution in [3.8, 4) is 0 Å². The summed E-state index contributed by atoms with van der Waals surface area (Å²) in [4.78, 5) is 12.7. The molecule has 2 aromatic carbocycles. The van der Waals surface area contributed by atoms with Crippen molar-refractivity contribution in [1.82, 2.24) is 5.32 Å². The highest BCUT2D eigenvalue weighted by molar-refractivity contribution is 7.92. The first-order valence-corrected chi connectivity index (χ1v) is 10.8. The Hall–Kier alpha value is -2.55. The second-order valence-corrected chi connectivity index (χ2v) is 8.60. The van der Waals surface area contributed by atoms with Crippen LogP contribution in [0.15, 0.2) is 48.5 Å². The molecule has 9 heteroatoms. The van der Waals surface area contributed by atoms with Crippen LogP contribution in [0, 0.1) is 6.92 Å². The molecule has 0 saturated heterocycles. The van der Waals surface area contributed by atoms with Crippen molar-refractivity contribution >= 4 is 21.6 Å². The van der Waals surface area contributed by atoms with Gasteiger partial charge in [-0.3, -0.25) is 9.10 Å². The van der Waals surface area contributed by atoms with Crippen LogP contribution < -0.4 is 9.62 Å². The molecule has 0 aliphatic heterocycles. The molecule has 0 radical (unpaired) electrons. The number of hydrogen-bond acceptors (Lipinski definition) is 3. The second-order valence-electron chi connectivity index (χ2n) is 6.74. The molecule has 0 fully saturated rings. The molecule has 158 valence electrons. The maximum absolute atomic E-state index is 12.8. The Balaban J connectivity index is 2.24. The third kappa shape index (κ3) is 5.96. The SMILES string of the molecule is CC[C@H](C(=O)NCc1cccc(C(F)(F)F)c1)N(c1cccc(C)c1)S(C)(=O)=O. The van der Waals surface area contributed by atoms with Crippen molar-refractivity contribution in [2.24, 2.45) is 0 Å². The van der Waals surface area contributed by atoms with Gasteiger partial charge in [0.05, 0.1) is 17.5 Å². The zero-order valence-corrected chi connectivity index (χ0v) is 17.1. The molecule has 0 heterocycles. The van der Waals surface area contributed by atoms with Crippen LogP contribution in [-0.2, 0) is 27.5 Å². The summed E-state index contributed by atoms with van der Waals surface area (Å²) in [6, 6.07) is 10.3. The maximum atomic E-state index is 12.8. The average molecular weight is 428 g/mol. The fourth-order valence-corrected chi connectivity index (χ4v) is 4.19.